The number of rotatable bonds is 5. The molecule has 0 heterocycles. The zero-order valence-corrected chi connectivity index (χ0v) is 11.3. The maximum absolute atomic E-state index is 11.5. The second-order valence-electron chi connectivity index (χ2n) is 4.51. The first-order chi connectivity index (χ1) is 9.49. The summed E-state index contributed by atoms with van der Waals surface area (Å²) in [5, 5.41) is 20.8. The van der Waals surface area contributed by atoms with Gasteiger partial charge in [0.15, 0.2) is 0 Å². The number of hydrogen-bond acceptors (Lipinski definition) is 3. The molecule has 0 aliphatic carbocycles. The van der Waals surface area contributed by atoms with Gasteiger partial charge in [0.1, 0.15) is 12.2 Å². The van der Waals surface area contributed by atoms with Crippen LogP contribution in [-0.2, 0) is 9.59 Å². The third kappa shape index (κ3) is 3.15. The number of aliphatic hydroxyl groups excluding tert-OH is 1. The Bertz CT molecular complexity index is 661. The summed E-state index contributed by atoms with van der Waals surface area (Å²) in [6, 6.07) is 10.7. The van der Waals surface area contributed by atoms with Gasteiger partial charge < -0.3 is 10.2 Å². The van der Waals surface area contributed by atoms with Crippen molar-refractivity contribution in [3.05, 3.63) is 47.0 Å². The Kier molecular flexibility index (Phi) is 4.37. The number of carboxylic acids is 1. The average Bonchev–Trinajstić information content (AvgIpc) is 2.37. The third-order valence-corrected chi connectivity index (χ3v) is 3.33. The summed E-state index contributed by atoms with van der Waals surface area (Å²) in [6.07, 6.45) is -1.89. The number of halogens is 1. The molecule has 0 bridgehead atoms. The van der Waals surface area contributed by atoms with Crippen LogP contribution in [0, 0.1) is 0 Å². The maximum atomic E-state index is 11.5. The van der Waals surface area contributed by atoms with Crippen LogP contribution in [0.3, 0.4) is 0 Å². The highest BCUT2D eigenvalue weighted by Gasteiger charge is 2.18. The number of carbonyl (C=O) groups is 2. The van der Waals surface area contributed by atoms with E-state index in [1.807, 2.05) is 12.1 Å². The van der Waals surface area contributed by atoms with E-state index in [-0.39, 0.29) is 6.42 Å². The molecular formula is C15H13ClO4. The molecule has 2 aromatic rings. The fourth-order valence-corrected chi connectivity index (χ4v) is 2.46. The second-order valence-corrected chi connectivity index (χ2v) is 4.92. The molecule has 1 unspecified atom stereocenters. The summed E-state index contributed by atoms with van der Waals surface area (Å²) in [4.78, 5) is 22.0. The van der Waals surface area contributed by atoms with E-state index in [9.17, 15) is 14.7 Å². The minimum Gasteiger partial charge on any atom is -0.481 e. The molecule has 0 fully saturated rings. The Balaban J connectivity index is 2.33. The van der Waals surface area contributed by atoms with E-state index in [1.54, 1.807) is 24.3 Å². The molecule has 0 aromatic heterocycles. The van der Waals surface area contributed by atoms with Crippen molar-refractivity contribution in [1.29, 1.82) is 0 Å². The number of ketones is 1. The minimum absolute atomic E-state index is 0.239. The number of hydrogen-bond donors (Lipinski definition) is 2. The van der Waals surface area contributed by atoms with E-state index in [0.29, 0.717) is 16.0 Å². The molecule has 0 saturated heterocycles. The van der Waals surface area contributed by atoms with Crippen LogP contribution in [-0.4, -0.2) is 22.0 Å². The normalized spacial score (nSPS) is 12.3. The molecule has 2 aromatic carbocycles. The van der Waals surface area contributed by atoms with Crippen molar-refractivity contribution < 1.29 is 19.8 Å². The lowest BCUT2D eigenvalue weighted by atomic mass is 9.97. The number of aliphatic hydroxyl groups is 1. The quantitative estimate of drug-likeness (QED) is 0.831. The first-order valence-corrected chi connectivity index (χ1v) is 6.45. The van der Waals surface area contributed by atoms with Gasteiger partial charge in [-0.05, 0) is 17.0 Å². The molecule has 5 heteroatoms. The van der Waals surface area contributed by atoms with Crippen LogP contribution in [0.1, 0.15) is 24.5 Å². The average molecular weight is 293 g/mol. The molecular weight excluding hydrogens is 280 g/mol. The largest absolute Gasteiger partial charge is 0.481 e. The molecule has 0 radical (unpaired) electrons. The van der Waals surface area contributed by atoms with Crippen molar-refractivity contribution in [3.8, 4) is 0 Å². The topological polar surface area (TPSA) is 74.6 Å². The van der Waals surface area contributed by atoms with Gasteiger partial charge in [-0.25, -0.2) is 0 Å². The van der Waals surface area contributed by atoms with E-state index in [1.165, 1.54) is 0 Å². The van der Waals surface area contributed by atoms with Crippen molar-refractivity contribution in [2.24, 2.45) is 0 Å². The van der Waals surface area contributed by atoms with Gasteiger partial charge in [0.05, 0.1) is 6.10 Å². The van der Waals surface area contributed by atoms with Gasteiger partial charge >= 0.3 is 5.97 Å². The zero-order valence-electron chi connectivity index (χ0n) is 10.5. The van der Waals surface area contributed by atoms with Crippen molar-refractivity contribution in [2.75, 3.05) is 0 Å². The van der Waals surface area contributed by atoms with Crippen molar-refractivity contribution in [1.82, 2.24) is 0 Å². The molecule has 1 atom stereocenters. The fraction of sp³-hybridized carbons (Fsp3) is 0.200. The summed E-state index contributed by atoms with van der Waals surface area (Å²) in [5.41, 5.74) is 0.534. The Labute approximate surface area is 120 Å². The van der Waals surface area contributed by atoms with Crippen LogP contribution in [0.5, 0.6) is 0 Å². The standard InChI is InChI=1S/C15H13ClO4/c16-12-6-2-4-9-3-1-5-11(15(9)12)13(18)7-10(17)8-14(19)20/h1-6,13,18H,7-8H2,(H,19,20). The lowest BCUT2D eigenvalue weighted by Gasteiger charge is -2.13. The van der Waals surface area contributed by atoms with Gasteiger partial charge in [-0.1, -0.05) is 41.9 Å². The summed E-state index contributed by atoms with van der Waals surface area (Å²) < 4.78 is 0. The van der Waals surface area contributed by atoms with Crippen LogP contribution >= 0.6 is 11.6 Å². The highest BCUT2D eigenvalue weighted by molar-refractivity contribution is 6.35. The lowest BCUT2D eigenvalue weighted by Crippen LogP contribution is -2.11. The molecule has 2 N–H and O–H groups in total. The fourth-order valence-electron chi connectivity index (χ4n) is 2.17. The molecule has 0 amide bonds. The predicted molar refractivity (Wildman–Crippen MR) is 75.8 cm³/mol. The molecule has 2 rings (SSSR count). The monoisotopic (exact) mass is 292 g/mol. The Morgan fingerprint density at radius 3 is 2.45 bits per heavy atom. The molecule has 0 saturated carbocycles. The Morgan fingerprint density at radius 2 is 1.80 bits per heavy atom. The molecule has 0 spiro atoms. The maximum Gasteiger partial charge on any atom is 0.310 e. The number of Topliss-reactive ketones (excluding diaryl/α,β-unsaturated/α-hetero) is 1. The summed E-state index contributed by atoms with van der Waals surface area (Å²) in [6.45, 7) is 0. The third-order valence-electron chi connectivity index (χ3n) is 3.01. The van der Waals surface area contributed by atoms with Crippen LogP contribution in [0.25, 0.3) is 10.8 Å². The predicted octanol–water partition coefficient (Wildman–Crippen LogP) is 2.96. The highest BCUT2D eigenvalue weighted by atomic mass is 35.5. The van der Waals surface area contributed by atoms with Crippen LogP contribution in [0.15, 0.2) is 36.4 Å². The van der Waals surface area contributed by atoms with Crippen LogP contribution in [0.4, 0.5) is 0 Å². The number of aliphatic carboxylic acids is 1. The SMILES string of the molecule is O=C(O)CC(=O)CC(O)c1cccc2cccc(Cl)c12. The number of carbonyl (C=O) groups excluding carboxylic acids is 1. The van der Waals surface area contributed by atoms with Gasteiger partial charge in [0, 0.05) is 16.8 Å². The van der Waals surface area contributed by atoms with Crippen molar-refractivity contribution in [3.63, 3.8) is 0 Å². The summed E-state index contributed by atoms with van der Waals surface area (Å²) >= 11 is 6.14. The van der Waals surface area contributed by atoms with Gasteiger partial charge in [-0.3, -0.25) is 9.59 Å². The molecule has 20 heavy (non-hydrogen) atoms. The first kappa shape index (κ1) is 14.5. The van der Waals surface area contributed by atoms with Crippen molar-refractivity contribution >= 4 is 34.1 Å². The van der Waals surface area contributed by atoms with E-state index < -0.39 is 24.3 Å². The second kappa shape index (κ2) is 6.03. The Morgan fingerprint density at radius 1 is 1.15 bits per heavy atom. The zero-order chi connectivity index (χ0) is 14.7. The Hall–Kier alpha value is -1.91. The lowest BCUT2D eigenvalue weighted by molar-refractivity contribution is -0.140. The number of fused-ring (bicyclic) bond motifs is 1. The van der Waals surface area contributed by atoms with Gasteiger partial charge in [0.25, 0.3) is 0 Å². The van der Waals surface area contributed by atoms with Crippen LogP contribution in [0.2, 0.25) is 5.02 Å². The van der Waals surface area contributed by atoms with Gasteiger partial charge in [0.2, 0.25) is 0 Å². The van der Waals surface area contributed by atoms with E-state index in [4.69, 9.17) is 16.7 Å². The van der Waals surface area contributed by atoms with Crippen molar-refractivity contribution in [2.45, 2.75) is 18.9 Å². The summed E-state index contributed by atoms with van der Waals surface area (Å²) in [5.74, 6) is -1.72. The minimum atomic E-state index is -1.20. The van der Waals surface area contributed by atoms with E-state index in [0.717, 1.165) is 5.39 Å². The molecule has 104 valence electrons. The number of carboxylic acid groups (broad SMARTS) is 1. The first-order valence-electron chi connectivity index (χ1n) is 6.07. The van der Waals surface area contributed by atoms with E-state index in [2.05, 4.69) is 0 Å². The highest BCUT2D eigenvalue weighted by Crippen LogP contribution is 2.31. The van der Waals surface area contributed by atoms with Gasteiger partial charge in [-0.2, -0.15) is 0 Å². The smallest absolute Gasteiger partial charge is 0.310 e. The molecule has 4 nitrogen and oxygen atoms in total. The van der Waals surface area contributed by atoms with Crippen LogP contribution < -0.4 is 0 Å². The number of benzene rings is 2. The summed E-state index contributed by atoms with van der Waals surface area (Å²) in [7, 11) is 0. The molecule has 0 aliphatic heterocycles. The van der Waals surface area contributed by atoms with E-state index >= 15 is 0 Å². The molecule has 0 aliphatic rings. The van der Waals surface area contributed by atoms with Gasteiger partial charge in [-0.15, -0.1) is 0 Å².